The first kappa shape index (κ1) is 12.0. The first-order valence-corrected chi connectivity index (χ1v) is 6.12. The fraction of sp³-hybridized carbons (Fsp3) is 0.615. The number of aromatic nitrogens is 2. The Hall–Kier alpha value is -1.45. The van der Waals surface area contributed by atoms with E-state index in [1.807, 2.05) is 0 Å². The molecule has 17 heavy (non-hydrogen) atoms. The van der Waals surface area contributed by atoms with Crippen LogP contribution in [0.15, 0.2) is 6.07 Å². The van der Waals surface area contributed by atoms with Gasteiger partial charge in [0.1, 0.15) is 5.82 Å². The maximum atomic E-state index is 11.6. The lowest BCUT2D eigenvalue weighted by Crippen LogP contribution is -2.10. The Bertz CT molecular complexity index is 427. The Morgan fingerprint density at radius 2 is 2.24 bits per heavy atom. The number of hydrogen-bond acceptors (Lipinski definition) is 4. The molecule has 1 aliphatic carbocycles. The summed E-state index contributed by atoms with van der Waals surface area (Å²) in [5.41, 5.74) is 1.34. The Morgan fingerprint density at radius 1 is 1.53 bits per heavy atom. The van der Waals surface area contributed by atoms with Crippen molar-refractivity contribution in [1.82, 2.24) is 9.97 Å². The van der Waals surface area contributed by atoms with Gasteiger partial charge in [0.2, 0.25) is 0 Å². The molecule has 1 atom stereocenters. The minimum absolute atomic E-state index is 0.346. The highest BCUT2D eigenvalue weighted by molar-refractivity contribution is 5.87. The first-order chi connectivity index (χ1) is 8.15. The minimum atomic E-state index is -0.376. The molecule has 0 amide bonds. The molecule has 0 N–H and O–H groups in total. The summed E-state index contributed by atoms with van der Waals surface area (Å²) in [6.45, 7) is 4.22. The number of esters is 1. The van der Waals surface area contributed by atoms with Gasteiger partial charge in [0, 0.05) is 11.6 Å². The molecular formula is C13H18N2O2. The van der Waals surface area contributed by atoms with Crippen molar-refractivity contribution in [2.75, 3.05) is 7.11 Å². The maximum absolute atomic E-state index is 11.6. The number of hydrogen-bond donors (Lipinski definition) is 0. The van der Waals surface area contributed by atoms with E-state index < -0.39 is 0 Å². The van der Waals surface area contributed by atoms with Crippen molar-refractivity contribution in [3.63, 3.8) is 0 Å². The normalized spacial score (nSPS) is 16.6. The lowest BCUT2D eigenvalue weighted by Gasteiger charge is -2.11. The highest BCUT2D eigenvalue weighted by Gasteiger charge is 2.28. The van der Waals surface area contributed by atoms with Crippen LogP contribution in [0.1, 0.15) is 67.0 Å². The lowest BCUT2D eigenvalue weighted by molar-refractivity contribution is 0.0593. The van der Waals surface area contributed by atoms with Crippen LogP contribution in [0.5, 0.6) is 0 Å². The average molecular weight is 234 g/mol. The first-order valence-electron chi connectivity index (χ1n) is 6.12. The van der Waals surface area contributed by atoms with Crippen LogP contribution in [0.2, 0.25) is 0 Å². The summed E-state index contributed by atoms with van der Waals surface area (Å²) in [6, 6.07) is 1.76. The van der Waals surface area contributed by atoms with Crippen molar-refractivity contribution in [2.24, 2.45) is 0 Å². The van der Waals surface area contributed by atoms with Crippen LogP contribution >= 0.6 is 0 Å². The molecule has 0 bridgehead atoms. The lowest BCUT2D eigenvalue weighted by atomic mass is 10.0. The summed E-state index contributed by atoms with van der Waals surface area (Å²) < 4.78 is 4.73. The Kier molecular flexibility index (Phi) is 3.41. The van der Waals surface area contributed by atoms with Crippen LogP contribution in [0, 0.1) is 0 Å². The minimum Gasteiger partial charge on any atom is -0.464 e. The SMILES string of the molecule is CC[C@H](C)c1cc(C(=O)OC)nc(C2CC2)n1. The fourth-order valence-corrected chi connectivity index (χ4v) is 1.68. The van der Waals surface area contributed by atoms with E-state index in [1.165, 1.54) is 7.11 Å². The third-order valence-corrected chi connectivity index (χ3v) is 3.22. The van der Waals surface area contributed by atoms with Gasteiger partial charge in [-0.2, -0.15) is 0 Å². The zero-order valence-electron chi connectivity index (χ0n) is 10.6. The van der Waals surface area contributed by atoms with Crippen LogP contribution < -0.4 is 0 Å². The summed E-state index contributed by atoms with van der Waals surface area (Å²) in [5, 5.41) is 0. The smallest absolute Gasteiger partial charge is 0.356 e. The van der Waals surface area contributed by atoms with Crippen LogP contribution in [-0.4, -0.2) is 23.0 Å². The van der Waals surface area contributed by atoms with E-state index in [4.69, 9.17) is 4.74 Å². The largest absolute Gasteiger partial charge is 0.464 e. The van der Waals surface area contributed by atoms with Gasteiger partial charge < -0.3 is 4.74 Å². The topological polar surface area (TPSA) is 52.1 Å². The quantitative estimate of drug-likeness (QED) is 0.751. The summed E-state index contributed by atoms with van der Waals surface area (Å²) in [7, 11) is 1.38. The van der Waals surface area contributed by atoms with Crippen LogP contribution in [0.3, 0.4) is 0 Å². The molecule has 0 aliphatic heterocycles. The van der Waals surface area contributed by atoms with Gasteiger partial charge >= 0.3 is 5.97 Å². The van der Waals surface area contributed by atoms with E-state index in [1.54, 1.807) is 6.07 Å². The monoisotopic (exact) mass is 234 g/mol. The summed E-state index contributed by atoms with van der Waals surface area (Å²) in [6.07, 6.45) is 3.26. The molecule has 2 rings (SSSR count). The number of nitrogens with zero attached hydrogens (tertiary/aromatic N) is 2. The van der Waals surface area contributed by atoms with Crippen LogP contribution in [0.4, 0.5) is 0 Å². The van der Waals surface area contributed by atoms with E-state index in [9.17, 15) is 4.79 Å². The van der Waals surface area contributed by atoms with Crippen molar-refractivity contribution >= 4 is 5.97 Å². The van der Waals surface area contributed by atoms with Gasteiger partial charge in [-0.15, -0.1) is 0 Å². The van der Waals surface area contributed by atoms with Crippen molar-refractivity contribution in [2.45, 2.75) is 44.9 Å². The number of ether oxygens (including phenoxy) is 1. The van der Waals surface area contributed by atoms with Gasteiger partial charge in [0.15, 0.2) is 5.69 Å². The molecule has 1 fully saturated rings. The van der Waals surface area contributed by atoms with Gasteiger partial charge in [-0.05, 0) is 31.2 Å². The third kappa shape index (κ3) is 2.62. The summed E-state index contributed by atoms with van der Waals surface area (Å²) in [4.78, 5) is 20.4. The molecule has 1 aromatic rings. The zero-order valence-corrected chi connectivity index (χ0v) is 10.6. The highest BCUT2D eigenvalue weighted by Crippen LogP contribution is 2.38. The maximum Gasteiger partial charge on any atom is 0.356 e. The Morgan fingerprint density at radius 3 is 2.76 bits per heavy atom. The van der Waals surface area contributed by atoms with Crippen molar-refractivity contribution in [3.05, 3.63) is 23.3 Å². The molecule has 0 spiro atoms. The van der Waals surface area contributed by atoms with Gasteiger partial charge in [-0.1, -0.05) is 13.8 Å². The second-order valence-electron chi connectivity index (χ2n) is 4.61. The molecule has 0 radical (unpaired) electrons. The molecule has 1 saturated carbocycles. The predicted octanol–water partition coefficient (Wildman–Crippen LogP) is 2.65. The Balaban J connectivity index is 2.38. The summed E-state index contributed by atoms with van der Waals surface area (Å²) in [5.74, 6) is 1.23. The van der Waals surface area contributed by atoms with Crippen molar-refractivity contribution in [1.29, 1.82) is 0 Å². The third-order valence-electron chi connectivity index (χ3n) is 3.22. The van der Waals surface area contributed by atoms with Crippen molar-refractivity contribution in [3.8, 4) is 0 Å². The fourth-order valence-electron chi connectivity index (χ4n) is 1.68. The van der Waals surface area contributed by atoms with Crippen LogP contribution in [-0.2, 0) is 4.74 Å². The standard InChI is InChI=1S/C13H18N2O2/c1-4-8(2)10-7-11(13(16)17-3)15-12(14-10)9-5-6-9/h7-9H,4-6H2,1-3H3/t8-/m0/s1. The van der Waals surface area contributed by atoms with E-state index in [0.717, 1.165) is 30.8 Å². The zero-order chi connectivity index (χ0) is 12.4. The Labute approximate surface area is 101 Å². The van der Waals surface area contributed by atoms with Gasteiger partial charge in [-0.25, -0.2) is 14.8 Å². The second-order valence-corrected chi connectivity index (χ2v) is 4.61. The second kappa shape index (κ2) is 4.82. The number of carbonyl (C=O) groups excluding carboxylic acids is 1. The highest BCUT2D eigenvalue weighted by atomic mass is 16.5. The van der Waals surface area contributed by atoms with Crippen molar-refractivity contribution < 1.29 is 9.53 Å². The predicted molar refractivity (Wildman–Crippen MR) is 64.1 cm³/mol. The van der Waals surface area contributed by atoms with E-state index in [2.05, 4.69) is 23.8 Å². The molecule has 4 nitrogen and oxygen atoms in total. The molecule has 0 aromatic carbocycles. The van der Waals surface area contributed by atoms with E-state index in [-0.39, 0.29) is 5.97 Å². The number of carbonyl (C=O) groups is 1. The van der Waals surface area contributed by atoms with E-state index in [0.29, 0.717) is 17.5 Å². The summed E-state index contributed by atoms with van der Waals surface area (Å²) >= 11 is 0. The van der Waals surface area contributed by atoms with Gasteiger partial charge in [0.05, 0.1) is 7.11 Å². The van der Waals surface area contributed by atoms with Gasteiger partial charge in [-0.3, -0.25) is 0 Å². The molecule has 4 heteroatoms. The number of rotatable bonds is 4. The molecule has 1 aromatic heterocycles. The molecule has 1 aliphatic rings. The number of methoxy groups -OCH3 is 1. The van der Waals surface area contributed by atoms with E-state index >= 15 is 0 Å². The average Bonchev–Trinajstić information content (AvgIpc) is 3.20. The molecular weight excluding hydrogens is 216 g/mol. The van der Waals surface area contributed by atoms with Gasteiger partial charge in [0.25, 0.3) is 0 Å². The molecule has 0 unspecified atom stereocenters. The van der Waals surface area contributed by atoms with Crippen LogP contribution in [0.25, 0.3) is 0 Å². The molecule has 0 saturated heterocycles. The molecule has 92 valence electrons. The molecule has 1 heterocycles.